The minimum Gasteiger partial charge on any atom is -0.379 e. The summed E-state index contributed by atoms with van der Waals surface area (Å²) in [5, 5.41) is 0. The summed E-state index contributed by atoms with van der Waals surface area (Å²) in [5.74, 6) is 1.38. The van der Waals surface area contributed by atoms with Crippen LogP contribution in [0.15, 0.2) is 24.4 Å². The van der Waals surface area contributed by atoms with Crippen molar-refractivity contribution in [1.82, 2.24) is 19.2 Å². The largest absolute Gasteiger partial charge is 0.379 e. The highest BCUT2D eigenvalue weighted by Gasteiger charge is 2.37. The zero-order valence-corrected chi connectivity index (χ0v) is 14.3. The molecular weight excluding hydrogens is 304 g/mol. The average Bonchev–Trinajstić information content (AvgIpc) is 3.16. The fourth-order valence-electron chi connectivity index (χ4n) is 4.00. The van der Waals surface area contributed by atoms with Crippen LogP contribution in [0.3, 0.4) is 0 Å². The highest BCUT2D eigenvalue weighted by Crippen LogP contribution is 2.25. The smallest absolute Gasteiger partial charge is 0.274 e. The van der Waals surface area contributed by atoms with Crippen LogP contribution in [0.1, 0.15) is 23.2 Å². The van der Waals surface area contributed by atoms with Gasteiger partial charge in [-0.1, -0.05) is 13.0 Å². The van der Waals surface area contributed by atoms with Crippen LogP contribution in [0, 0.1) is 12.8 Å². The van der Waals surface area contributed by atoms with E-state index in [-0.39, 0.29) is 5.91 Å². The van der Waals surface area contributed by atoms with Crippen LogP contribution >= 0.6 is 0 Å². The number of carbonyl (C=O) groups excluding carboxylic acids is 1. The molecular formula is C18H24N4O2. The summed E-state index contributed by atoms with van der Waals surface area (Å²) in [6, 6.07) is 6.30. The van der Waals surface area contributed by atoms with Crippen LogP contribution in [0.25, 0.3) is 5.52 Å². The molecule has 2 atom stereocenters. The van der Waals surface area contributed by atoms with Gasteiger partial charge in [-0.05, 0) is 25.0 Å². The molecule has 6 heteroatoms. The monoisotopic (exact) mass is 328 g/mol. The number of aryl methyl sites for hydroxylation is 1. The number of aromatic nitrogens is 2. The summed E-state index contributed by atoms with van der Waals surface area (Å²) in [7, 11) is 0. The van der Waals surface area contributed by atoms with Crippen molar-refractivity contribution < 1.29 is 9.53 Å². The molecule has 128 valence electrons. The highest BCUT2D eigenvalue weighted by atomic mass is 16.5. The summed E-state index contributed by atoms with van der Waals surface area (Å²) >= 11 is 0. The number of morpholine rings is 1. The maximum absolute atomic E-state index is 13.1. The van der Waals surface area contributed by atoms with Gasteiger partial charge in [0.05, 0.1) is 18.7 Å². The SMILES string of the molecule is Cc1nc(C(=O)N2C[C@@H](C)[C@H](N3CCOCC3)C2)c2ccccn12. The molecule has 0 unspecified atom stereocenters. The minimum absolute atomic E-state index is 0.0504. The number of hydrogen-bond donors (Lipinski definition) is 0. The second-order valence-corrected chi connectivity index (χ2v) is 6.87. The van der Waals surface area contributed by atoms with Gasteiger partial charge in [-0.3, -0.25) is 9.69 Å². The van der Waals surface area contributed by atoms with E-state index in [1.807, 2.05) is 40.6 Å². The molecule has 2 aliphatic rings. The second kappa shape index (κ2) is 6.18. The zero-order chi connectivity index (χ0) is 16.7. The predicted octanol–water partition coefficient (Wildman–Crippen LogP) is 1.44. The lowest BCUT2D eigenvalue weighted by Crippen LogP contribution is -2.47. The van der Waals surface area contributed by atoms with Crippen molar-refractivity contribution in [1.29, 1.82) is 0 Å². The molecule has 1 amide bonds. The number of ether oxygens (including phenoxy) is 1. The van der Waals surface area contributed by atoms with Crippen LogP contribution in [-0.4, -0.2) is 70.5 Å². The molecule has 2 aromatic heterocycles. The van der Waals surface area contributed by atoms with Gasteiger partial charge < -0.3 is 14.0 Å². The number of carbonyl (C=O) groups is 1. The van der Waals surface area contributed by atoms with E-state index in [4.69, 9.17) is 4.74 Å². The van der Waals surface area contributed by atoms with E-state index in [0.29, 0.717) is 17.7 Å². The quantitative estimate of drug-likeness (QED) is 0.837. The number of likely N-dealkylation sites (tertiary alicyclic amines) is 1. The molecule has 0 spiro atoms. The Morgan fingerprint density at radius 1 is 1.25 bits per heavy atom. The number of fused-ring (bicyclic) bond motifs is 1. The number of hydrogen-bond acceptors (Lipinski definition) is 4. The molecule has 6 nitrogen and oxygen atoms in total. The summed E-state index contributed by atoms with van der Waals surface area (Å²) in [6.07, 6.45) is 1.96. The van der Waals surface area contributed by atoms with Crippen LogP contribution < -0.4 is 0 Å². The molecule has 0 N–H and O–H groups in total. The first-order valence-corrected chi connectivity index (χ1v) is 8.70. The molecule has 4 heterocycles. The summed E-state index contributed by atoms with van der Waals surface area (Å²) in [6.45, 7) is 9.27. The topological polar surface area (TPSA) is 50.1 Å². The second-order valence-electron chi connectivity index (χ2n) is 6.87. The number of rotatable bonds is 2. The Morgan fingerprint density at radius 2 is 2.04 bits per heavy atom. The summed E-state index contributed by atoms with van der Waals surface area (Å²) in [5.41, 5.74) is 1.46. The Hall–Kier alpha value is -1.92. The standard InChI is InChI=1S/C18H24N4O2/c1-13-11-21(12-16(13)20-7-9-24-10-8-20)18(23)17-15-5-3-4-6-22(15)14(2)19-17/h3-6,13,16H,7-12H2,1-2H3/t13-,16-/m1/s1. The number of nitrogens with zero attached hydrogens (tertiary/aromatic N) is 4. The number of pyridine rings is 1. The third-order valence-electron chi connectivity index (χ3n) is 5.30. The van der Waals surface area contributed by atoms with Crippen molar-refractivity contribution in [3.8, 4) is 0 Å². The van der Waals surface area contributed by atoms with Crippen molar-refractivity contribution in [3.05, 3.63) is 35.9 Å². The number of amides is 1. The van der Waals surface area contributed by atoms with Gasteiger partial charge in [0.25, 0.3) is 5.91 Å². The molecule has 2 saturated heterocycles. The Kier molecular flexibility index (Phi) is 4.02. The maximum atomic E-state index is 13.1. The van der Waals surface area contributed by atoms with Gasteiger partial charge in [0.2, 0.25) is 0 Å². The van der Waals surface area contributed by atoms with Crippen LogP contribution in [0.2, 0.25) is 0 Å². The Bertz CT molecular complexity index is 751. The predicted molar refractivity (Wildman–Crippen MR) is 91.2 cm³/mol. The molecule has 4 rings (SSSR count). The Labute approximate surface area is 142 Å². The fraction of sp³-hybridized carbons (Fsp3) is 0.556. The van der Waals surface area contributed by atoms with Crippen LogP contribution in [-0.2, 0) is 4.74 Å². The molecule has 0 aliphatic carbocycles. The van der Waals surface area contributed by atoms with E-state index in [2.05, 4.69) is 16.8 Å². The molecule has 24 heavy (non-hydrogen) atoms. The highest BCUT2D eigenvalue weighted by molar-refractivity contribution is 5.99. The van der Waals surface area contributed by atoms with Crippen molar-refractivity contribution >= 4 is 11.4 Å². The van der Waals surface area contributed by atoms with Crippen LogP contribution in [0.5, 0.6) is 0 Å². The lowest BCUT2D eigenvalue weighted by Gasteiger charge is -2.33. The molecule has 0 saturated carbocycles. The van der Waals surface area contributed by atoms with E-state index in [9.17, 15) is 4.79 Å². The van der Waals surface area contributed by atoms with Gasteiger partial charge in [-0.15, -0.1) is 0 Å². The Balaban J connectivity index is 1.56. The third kappa shape index (κ3) is 2.59. The lowest BCUT2D eigenvalue weighted by molar-refractivity contribution is 0.0119. The molecule has 2 fully saturated rings. The van der Waals surface area contributed by atoms with E-state index < -0.39 is 0 Å². The average molecular weight is 328 g/mol. The molecule has 0 aromatic carbocycles. The first-order valence-electron chi connectivity index (χ1n) is 8.70. The lowest BCUT2D eigenvalue weighted by atomic mass is 10.0. The van der Waals surface area contributed by atoms with Gasteiger partial charge in [0.15, 0.2) is 5.69 Å². The number of imidazole rings is 1. The van der Waals surface area contributed by atoms with Crippen molar-refractivity contribution in [3.63, 3.8) is 0 Å². The van der Waals surface area contributed by atoms with E-state index in [1.54, 1.807) is 0 Å². The first-order chi connectivity index (χ1) is 11.6. The summed E-state index contributed by atoms with van der Waals surface area (Å²) < 4.78 is 7.43. The van der Waals surface area contributed by atoms with Gasteiger partial charge >= 0.3 is 0 Å². The van der Waals surface area contributed by atoms with Gasteiger partial charge in [-0.25, -0.2) is 4.98 Å². The van der Waals surface area contributed by atoms with Crippen molar-refractivity contribution in [2.24, 2.45) is 5.92 Å². The van der Waals surface area contributed by atoms with E-state index in [0.717, 1.165) is 50.7 Å². The van der Waals surface area contributed by atoms with Gasteiger partial charge in [0.1, 0.15) is 5.82 Å². The molecule has 0 bridgehead atoms. The van der Waals surface area contributed by atoms with Gasteiger partial charge in [0, 0.05) is 38.4 Å². The first kappa shape index (κ1) is 15.6. The van der Waals surface area contributed by atoms with Crippen molar-refractivity contribution in [2.75, 3.05) is 39.4 Å². The van der Waals surface area contributed by atoms with E-state index in [1.165, 1.54) is 0 Å². The van der Waals surface area contributed by atoms with Crippen LogP contribution in [0.4, 0.5) is 0 Å². The zero-order valence-electron chi connectivity index (χ0n) is 14.3. The maximum Gasteiger partial charge on any atom is 0.274 e. The Morgan fingerprint density at radius 3 is 2.83 bits per heavy atom. The molecule has 0 radical (unpaired) electrons. The van der Waals surface area contributed by atoms with E-state index >= 15 is 0 Å². The molecule has 2 aromatic rings. The van der Waals surface area contributed by atoms with Gasteiger partial charge in [-0.2, -0.15) is 0 Å². The third-order valence-corrected chi connectivity index (χ3v) is 5.30. The summed E-state index contributed by atoms with van der Waals surface area (Å²) in [4.78, 5) is 22.0. The fourth-order valence-corrected chi connectivity index (χ4v) is 4.00. The minimum atomic E-state index is 0.0504. The molecule has 2 aliphatic heterocycles. The van der Waals surface area contributed by atoms with Crippen molar-refractivity contribution in [2.45, 2.75) is 19.9 Å². The normalized spacial score (nSPS) is 25.5.